The van der Waals surface area contributed by atoms with Crippen LogP contribution in [0, 0.1) is 0 Å². The standard InChI is InChI=1S/C16H17NO3S/c1-20-16(19)11-14(12-6-3-2-4-7-12)17-15(18)10-13-8-5-9-21-13/h2-9,14H,10-11H2,1H3,(H,17,18). The van der Waals surface area contributed by atoms with Gasteiger partial charge >= 0.3 is 5.97 Å². The molecule has 1 amide bonds. The van der Waals surface area contributed by atoms with Crippen LogP contribution in [0.5, 0.6) is 0 Å². The molecule has 1 aromatic heterocycles. The van der Waals surface area contributed by atoms with Gasteiger partial charge in [0.05, 0.1) is 26.0 Å². The second-order valence-electron chi connectivity index (χ2n) is 4.57. The van der Waals surface area contributed by atoms with Crippen LogP contribution in [0.3, 0.4) is 0 Å². The zero-order valence-corrected chi connectivity index (χ0v) is 12.6. The zero-order chi connectivity index (χ0) is 15.1. The quantitative estimate of drug-likeness (QED) is 0.835. The van der Waals surface area contributed by atoms with Crippen LogP contribution >= 0.6 is 11.3 Å². The summed E-state index contributed by atoms with van der Waals surface area (Å²) >= 11 is 1.54. The van der Waals surface area contributed by atoms with Crippen LogP contribution in [0.2, 0.25) is 0 Å². The maximum Gasteiger partial charge on any atom is 0.307 e. The van der Waals surface area contributed by atoms with Gasteiger partial charge in [0, 0.05) is 4.88 Å². The fourth-order valence-corrected chi connectivity index (χ4v) is 2.71. The van der Waals surface area contributed by atoms with Gasteiger partial charge < -0.3 is 10.1 Å². The molecule has 1 heterocycles. The molecule has 0 aliphatic rings. The van der Waals surface area contributed by atoms with Crippen LogP contribution < -0.4 is 5.32 Å². The Kier molecular flexibility index (Phi) is 5.51. The number of nitrogens with one attached hydrogen (secondary N) is 1. The summed E-state index contributed by atoms with van der Waals surface area (Å²) < 4.78 is 4.70. The third-order valence-electron chi connectivity index (χ3n) is 3.05. The van der Waals surface area contributed by atoms with E-state index in [2.05, 4.69) is 5.32 Å². The van der Waals surface area contributed by atoms with Crippen molar-refractivity contribution in [2.75, 3.05) is 7.11 Å². The van der Waals surface area contributed by atoms with E-state index in [1.807, 2.05) is 47.8 Å². The van der Waals surface area contributed by atoms with E-state index in [4.69, 9.17) is 4.74 Å². The molecule has 0 fully saturated rings. The fourth-order valence-electron chi connectivity index (χ4n) is 2.00. The minimum Gasteiger partial charge on any atom is -0.469 e. The highest BCUT2D eigenvalue weighted by Gasteiger charge is 2.18. The highest BCUT2D eigenvalue weighted by atomic mass is 32.1. The first-order valence-corrected chi connectivity index (χ1v) is 7.50. The van der Waals surface area contributed by atoms with Gasteiger partial charge in [0.25, 0.3) is 0 Å². The number of methoxy groups -OCH3 is 1. The molecular formula is C16H17NO3S. The summed E-state index contributed by atoms with van der Waals surface area (Å²) in [4.78, 5) is 24.6. The number of hydrogen-bond donors (Lipinski definition) is 1. The number of rotatable bonds is 6. The molecule has 0 saturated heterocycles. The molecule has 21 heavy (non-hydrogen) atoms. The van der Waals surface area contributed by atoms with Gasteiger partial charge in [0.1, 0.15) is 0 Å². The van der Waals surface area contributed by atoms with Gasteiger partial charge in [0.15, 0.2) is 0 Å². The third kappa shape index (κ3) is 4.72. The van der Waals surface area contributed by atoms with Crippen molar-refractivity contribution in [1.29, 1.82) is 0 Å². The molecule has 1 aromatic carbocycles. The number of ether oxygens (including phenoxy) is 1. The molecular weight excluding hydrogens is 286 g/mol. The smallest absolute Gasteiger partial charge is 0.307 e. The number of benzene rings is 1. The Bertz CT molecular complexity index is 581. The first-order valence-electron chi connectivity index (χ1n) is 6.62. The van der Waals surface area contributed by atoms with Crippen molar-refractivity contribution in [3.05, 3.63) is 58.3 Å². The van der Waals surface area contributed by atoms with E-state index in [1.54, 1.807) is 11.3 Å². The molecule has 0 aliphatic carbocycles. The average molecular weight is 303 g/mol. The molecule has 0 saturated carbocycles. The van der Waals surface area contributed by atoms with E-state index < -0.39 is 0 Å². The van der Waals surface area contributed by atoms with Gasteiger partial charge in [-0.05, 0) is 17.0 Å². The number of amides is 1. The zero-order valence-electron chi connectivity index (χ0n) is 11.7. The maximum absolute atomic E-state index is 12.1. The summed E-state index contributed by atoms with van der Waals surface area (Å²) in [7, 11) is 1.35. The predicted octanol–water partition coefficient (Wildman–Crippen LogP) is 2.71. The summed E-state index contributed by atoms with van der Waals surface area (Å²) in [5.41, 5.74) is 0.891. The predicted molar refractivity (Wildman–Crippen MR) is 82.0 cm³/mol. The molecule has 0 spiro atoms. The van der Waals surface area contributed by atoms with E-state index in [-0.39, 0.29) is 24.3 Å². The molecule has 2 rings (SSSR count). The fraction of sp³-hybridized carbons (Fsp3) is 0.250. The van der Waals surface area contributed by atoms with Gasteiger partial charge in [-0.1, -0.05) is 36.4 Å². The lowest BCUT2D eigenvalue weighted by Crippen LogP contribution is -2.31. The average Bonchev–Trinajstić information content (AvgIpc) is 3.00. The Morgan fingerprint density at radius 3 is 2.57 bits per heavy atom. The van der Waals surface area contributed by atoms with E-state index in [9.17, 15) is 9.59 Å². The molecule has 0 bridgehead atoms. The molecule has 1 atom stereocenters. The summed E-state index contributed by atoms with van der Waals surface area (Å²) in [6.07, 6.45) is 0.443. The SMILES string of the molecule is COC(=O)CC(NC(=O)Cc1cccs1)c1ccccc1. The minimum atomic E-state index is -0.369. The van der Waals surface area contributed by atoms with E-state index in [0.717, 1.165) is 10.4 Å². The molecule has 2 aromatic rings. The van der Waals surface area contributed by atoms with Gasteiger partial charge in [-0.25, -0.2) is 0 Å². The molecule has 5 heteroatoms. The van der Waals surface area contributed by atoms with Crippen LogP contribution in [-0.2, 0) is 20.7 Å². The lowest BCUT2D eigenvalue weighted by molar-refractivity contribution is -0.141. The van der Waals surface area contributed by atoms with Crippen molar-refractivity contribution >= 4 is 23.2 Å². The number of thiophene rings is 1. The van der Waals surface area contributed by atoms with Crippen molar-refractivity contribution < 1.29 is 14.3 Å². The minimum absolute atomic E-state index is 0.102. The third-order valence-corrected chi connectivity index (χ3v) is 3.93. The monoisotopic (exact) mass is 303 g/mol. The summed E-state index contributed by atoms with van der Waals surface area (Å²) in [5, 5.41) is 4.84. The Balaban J connectivity index is 2.05. The molecule has 4 nitrogen and oxygen atoms in total. The molecule has 0 radical (unpaired) electrons. The highest BCUT2D eigenvalue weighted by molar-refractivity contribution is 7.10. The van der Waals surface area contributed by atoms with Crippen LogP contribution in [0.25, 0.3) is 0 Å². The van der Waals surface area contributed by atoms with Crippen molar-refractivity contribution in [3.63, 3.8) is 0 Å². The summed E-state index contributed by atoms with van der Waals surface area (Å²) in [5.74, 6) is -0.449. The van der Waals surface area contributed by atoms with Crippen LogP contribution in [0.15, 0.2) is 47.8 Å². The van der Waals surface area contributed by atoms with E-state index in [0.29, 0.717) is 6.42 Å². The Morgan fingerprint density at radius 2 is 1.95 bits per heavy atom. The van der Waals surface area contributed by atoms with Gasteiger partial charge in [-0.3, -0.25) is 9.59 Å². The van der Waals surface area contributed by atoms with E-state index in [1.165, 1.54) is 7.11 Å². The first kappa shape index (κ1) is 15.3. The Morgan fingerprint density at radius 1 is 1.19 bits per heavy atom. The molecule has 1 N–H and O–H groups in total. The molecule has 1 unspecified atom stereocenters. The van der Waals surface area contributed by atoms with Crippen molar-refractivity contribution in [2.24, 2.45) is 0 Å². The number of esters is 1. The number of carbonyl (C=O) groups excluding carboxylic acids is 2. The van der Waals surface area contributed by atoms with Crippen LogP contribution in [-0.4, -0.2) is 19.0 Å². The van der Waals surface area contributed by atoms with Gasteiger partial charge in [0.2, 0.25) is 5.91 Å². The number of carbonyl (C=O) groups is 2. The largest absolute Gasteiger partial charge is 0.469 e. The summed E-state index contributed by atoms with van der Waals surface area (Å²) in [6, 6.07) is 12.9. The maximum atomic E-state index is 12.1. The normalized spacial score (nSPS) is 11.7. The lowest BCUT2D eigenvalue weighted by atomic mass is 10.0. The van der Waals surface area contributed by atoms with Gasteiger partial charge in [-0.15, -0.1) is 11.3 Å². The molecule has 0 aliphatic heterocycles. The summed E-state index contributed by atoms with van der Waals surface area (Å²) in [6.45, 7) is 0. The van der Waals surface area contributed by atoms with Crippen molar-refractivity contribution in [3.8, 4) is 0 Å². The number of hydrogen-bond acceptors (Lipinski definition) is 4. The highest BCUT2D eigenvalue weighted by Crippen LogP contribution is 2.18. The Labute approximate surface area is 127 Å². The Hall–Kier alpha value is -2.14. The first-order chi connectivity index (χ1) is 10.2. The van der Waals surface area contributed by atoms with E-state index >= 15 is 0 Å². The van der Waals surface area contributed by atoms with Gasteiger partial charge in [-0.2, -0.15) is 0 Å². The van der Waals surface area contributed by atoms with Crippen molar-refractivity contribution in [2.45, 2.75) is 18.9 Å². The second kappa shape index (κ2) is 7.59. The second-order valence-corrected chi connectivity index (χ2v) is 5.60. The van der Waals surface area contributed by atoms with Crippen molar-refractivity contribution in [1.82, 2.24) is 5.32 Å². The van der Waals surface area contributed by atoms with Crippen LogP contribution in [0.1, 0.15) is 22.9 Å². The molecule has 110 valence electrons. The lowest BCUT2D eigenvalue weighted by Gasteiger charge is -2.18. The topological polar surface area (TPSA) is 55.4 Å². The van der Waals surface area contributed by atoms with Crippen LogP contribution in [0.4, 0.5) is 0 Å².